The molecule has 1 heterocycles. The number of carbonyl (C=O) groups is 1. The molecular formula is C23H18ClN3O3. The van der Waals surface area contributed by atoms with Gasteiger partial charge in [0.1, 0.15) is 5.75 Å². The van der Waals surface area contributed by atoms with Gasteiger partial charge in [-0.1, -0.05) is 54.1 Å². The van der Waals surface area contributed by atoms with Gasteiger partial charge in [-0.25, -0.2) is 0 Å². The molecule has 0 bridgehead atoms. The third-order valence-electron chi connectivity index (χ3n) is 4.32. The molecule has 0 saturated carbocycles. The number of nitrogens with one attached hydrogen (secondary N) is 1. The Balaban J connectivity index is 1.40. The molecule has 4 rings (SSSR count). The lowest BCUT2D eigenvalue weighted by Gasteiger charge is -2.10. The summed E-state index contributed by atoms with van der Waals surface area (Å²) in [6, 6.07) is 24.0. The molecule has 0 spiro atoms. The highest BCUT2D eigenvalue weighted by Crippen LogP contribution is 2.30. The van der Waals surface area contributed by atoms with Crippen LogP contribution in [-0.2, 0) is 11.3 Å². The SMILES string of the molecule is O=C(COc1ccccc1-c1nnc(-c2ccccc2)o1)NCc1ccc(Cl)cc1. The van der Waals surface area contributed by atoms with Crippen molar-refractivity contribution in [1.29, 1.82) is 0 Å². The third-order valence-corrected chi connectivity index (χ3v) is 4.58. The second-order valence-corrected chi connectivity index (χ2v) is 6.90. The van der Waals surface area contributed by atoms with Crippen LogP contribution in [0, 0.1) is 0 Å². The molecule has 30 heavy (non-hydrogen) atoms. The molecule has 0 unspecified atom stereocenters. The van der Waals surface area contributed by atoms with Crippen LogP contribution in [0.5, 0.6) is 5.75 Å². The van der Waals surface area contributed by atoms with Crippen LogP contribution in [0.25, 0.3) is 22.9 Å². The van der Waals surface area contributed by atoms with E-state index in [1.165, 1.54) is 0 Å². The van der Waals surface area contributed by atoms with Gasteiger partial charge in [0.2, 0.25) is 5.89 Å². The zero-order valence-corrected chi connectivity index (χ0v) is 16.7. The second kappa shape index (κ2) is 9.24. The van der Waals surface area contributed by atoms with Crippen LogP contribution in [0.4, 0.5) is 0 Å². The number of rotatable bonds is 7. The van der Waals surface area contributed by atoms with Crippen molar-refractivity contribution >= 4 is 17.5 Å². The Kier molecular flexibility index (Phi) is 6.06. The Bertz CT molecular complexity index is 1130. The number of halogens is 1. The topological polar surface area (TPSA) is 77.2 Å². The molecule has 1 N–H and O–H groups in total. The number of hydrogen-bond acceptors (Lipinski definition) is 5. The Morgan fingerprint density at radius 1 is 0.900 bits per heavy atom. The van der Waals surface area contributed by atoms with E-state index in [0.29, 0.717) is 34.7 Å². The molecule has 4 aromatic rings. The van der Waals surface area contributed by atoms with E-state index < -0.39 is 0 Å². The highest BCUT2D eigenvalue weighted by Gasteiger charge is 2.15. The third kappa shape index (κ3) is 4.85. The van der Waals surface area contributed by atoms with Crippen molar-refractivity contribution in [2.75, 3.05) is 6.61 Å². The number of para-hydroxylation sites is 1. The number of hydrogen-bond donors (Lipinski definition) is 1. The van der Waals surface area contributed by atoms with Crippen LogP contribution in [0.2, 0.25) is 5.02 Å². The maximum Gasteiger partial charge on any atom is 0.258 e. The molecule has 0 saturated heterocycles. The van der Waals surface area contributed by atoms with E-state index in [1.54, 1.807) is 18.2 Å². The van der Waals surface area contributed by atoms with Gasteiger partial charge in [-0.05, 0) is 42.0 Å². The quantitative estimate of drug-likeness (QED) is 0.467. The molecule has 150 valence electrons. The van der Waals surface area contributed by atoms with Crippen molar-refractivity contribution in [2.24, 2.45) is 0 Å². The van der Waals surface area contributed by atoms with E-state index in [4.69, 9.17) is 20.8 Å². The summed E-state index contributed by atoms with van der Waals surface area (Å²) < 4.78 is 11.5. The zero-order chi connectivity index (χ0) is 20.8. The lowest BCUT2D eigenvalue weighted by Crippen LogP contribution is -2.28. The molecule has 3 aromatic carbocycles. The Labute approximate surface area is 178 Å². The molecule has 0 aliphatic rings. The lowest BCUT2D eigenvalue weighted by molar-refractivity contribution is -0.123. The van der Waals surface area contributed by atoms with Gasteiger partial charge in [-0.3, -0.25) is 4.79 Å². The monoisotopic (exact) mass is 419 g/mol. The summed E-state index contributed by atoms with van der Waals surface area (Å²) in [5, 5.41) is 11.7. The van der Waals surface area contributed by atoms with Gasteiger partial charge in [0, 0.05) is 17.1 Å². The average Bonchev–Trinajstić information content (AvgIpc) is 3.28. The van der Waals surface area contributed by atoms with Crippen LogP contribution >= 0.6 is 11.6 Å². The fraction of sp³-hybridized carbons (Fsp3) is 0.0870. The molecule has 1 aromatic heterocycles. The van der Waals surface area contributed by atoms with Gasteiger partial charge in [0.05, 0.1) is 5.56 Å². The largest absolute Gasteiger partial charge is 0.483 e. The molecule has 0 aliphatic carbocycles. The van der Waals surface area contributed by atoms with Crippen molar-refractivity contribution in [2.45, 2.75) is 6.54 Å². The molecule has 1 amide bonds. The van der Waals surface area contributed by atoms with Crippen molar-refractivity contribution < 1.29 is 13.9 Å². The average molecular weight is 420 g/mol. The number of benzene rings is 3. The lowest BCUT2D eigenvalue weighted by atomic mass is 10.2. The minimum absolute atomic E-state index is 0.135. The van der Waals surface area contributed by atoms with Crippen LogP contribution in [-0.4, -0.2) is 22.7 Å². The summed E-state index contributed by atoms with van der Waals surface area (Å²) in [6.07, 6.45) is 0. The highest BCUT2D eigenvalue weighted by atomic mass is 35.5. The number of nitrogens with zero attached hydrogens (tertiary/aromatic N) is 2. The van der Waals surface area contributed by atoms with Crippen molar-refractivity contribution in [3.05, 3.63) is 89.4 Å². The van der Waals surface area contributed by atoms with E-state index >= 15 is 0 Å². The normalized spacial score (nSPS) is 10.6. The standard InChI is InChI=1S/C23H18ClN3O3/c24-18-12-10-16(11-13-18)14-25-21(28)15-29-20-9-5-4-8-19(20)23-27-26-22(30-23)17-6-2-1-3-7-17/h1-13H,14-15H2,(H,25,28). The van der Waals surface area contributed by atoms with E-state index in [0.717, 1.165) is 11.1 Å². The number of ether oxygens (including phenoxy) is 1. The predicted molar refractivity (Wildman–Crippen MR) is 114 cm³/mol. The number of carbonyl (C=O) groups excluding carboxylic acids is 1. The van der Waals surface area contributed by atoms with Gasteiger partial charge in [0.25, 0.3) is 11.8 Å². The number of aromatic nitrogens is 2. The first kappa shape index (κ1) is 19.7. The summed E-state index contributed by atoms with van der Waals surface area (Å²) in [4.78, 5) is 12.2. The van der Waals surface area contributed by atoms with Crippen molar-refractivity contribution in [3.63, 3.8) is 0 Å². The van der Waals surface area contributed by atoms with Crippen LogP contribution in [0.1, 0.15) is 5.56 Å². The van der Waals surface area contributed by atoms with Gasteiger partial charge >= 0.3 is 0 Å². The number of amides is 1. The van der Waals surface area contributed by atoms with Crippen LogP contribution < -0.4 is 10.1 Å². The fourth-order valence-corrected chi connectivity index (χ4v) is 2.92. The molecule has 0 atom stereocenters. The molecule has 0 fully saturated rings. The fourth-order valence-electron chi connectivity index (χ4n) is 2.80. The van der Waals surface area contributed by atoms with Gasteiger partial charge in [0.15, 0.2) is 6.61 Å². The molecule has 0 aliphatic heterocycles. The molecule has 6 nitrogen and oxygen atoms in total. The first-order valence-electron chi connectivity index (χ1n) is 9.31. The first-order chi connectivity index (χ1) is 14.7. The Morgan fingerprint density at radius 3 is 2.40 bits per heavy atom. The summed E-state index contributed by atoms with van der Waals surface area (Å²) in [7, 11) is 0. The summed E-state index contributed by atoms with van der Waals surface area (Å²) in [5.41, 5.74) is 2.40. The summed E-state index contributed by atoms with van der Waals surface area (Å²) >= 11 is 5.87. The summed E-state index contributed by atoms with van der Waals surface area (Å²) in [6.45, 7) is 0.259. The van der Waals surface area contributed by atoms with Crippen LogP contribution in [0.3, 0.4) is 0 Å². The van der Waals surface area contributed by atoms with Crippen molar-refractivity contribution in [3.8, 4) is 28.7 Å². The maximum absolute atomic E-state index is 12.2. The first-order valence-corrected chi connectivity index (χ1v) is 9.69. The highest BCUT2D eigenvalue weighted by molar-refractivity contribution is 6.30. The van der Waals surface area contributed by atoms with Crippen LogP contribution in [0.15, 0.2) is 83.3 Å². The van der Waals surface area contributed by atoms with Gasteiger partial charge in [-0.2, -0.15) is 0 Å². The zero-order valence-electron chi connectivity index (χ0n) is 15.9. The van der Waals surface area contributed by atoms with E-state index in [2.05, 4.69) is 15.5 Å². The minimum Gasteiger partial charge on any atom is -0.483 e. The van der Waals surface area contributed by atoms with Crippen molar-refractivity contribution in [1.82, 2.24) is 15.5 Å². The molecule has 7 heteroatoms. The van der Waals surface area contributed by atoms with E-state index in [-0.39, 0.29) is 12.5 Å². The predicted octanol–water partition coefficient (Wildman–Crippen LogP) is 4.75. The minimum atomic E-state index is -0.241. The van der Waals surface area contributed by atoms with E-state index in [9.17, 15) is 4.79 Å². The summed E-state index contributed by atoms with van der Waals surface area (Å²) in [5.74, 6) is 0.991. The smallest absolute Gasteiger partial charge is 0.258 e. The van der Waals surface area contributed by atoms with Gasteiger partial charge < -0.3 is 14.5 Å². The maximum atomic E-state index is 12.2. The van der Waals surface area contributed by atoms with Gasteiger partial charge in [-0.15, -0.1) is 10.2 Å². The second-order valence-electron chi connectivity index (χ2n) is 6.47. The Hall–Kier alpha value is -3.64. The van der Waals surface area contributed by atoms with E-state index in [1.807, 2.05) is 60.7 Å². The molecular weight excluding hydrogens is 402 g/mol. The molecule has 0 radical (unpaired) electrons. The Morgan fingerprint density at radius 2 is 1.60 bits per heavy atom.